The van der Waals surface area contributed by atoms with Gasteiger partial charge >= 0.3 is 11.7 Å². The number of carbonyl (C=O) groups is 1. The molecule has 1 aromatic rings. The Hall–Kier alpha value is -2.20. The summed E-state index contributed by atoms with van der Waals surface area (Å²) in [5.41, 5.74) is -0.364. The van der Waals surface area contributed by atoms with E-state index in [0.717, 1.165) is 18.2 Å². The van der Waals surface area contributed by atoms with Gasteiger partial charge in [0.15, 0.2) is 5.75 Å². The molecule has 1 aromatic carbocycles. The molecule has 110 valence electrons. The standard InChI is InChI=1S/C10H12N2O7S/c1-19-9-6-7(2-3-8(9)12(15)16)20(17,18)11-5-4-10(13)14/h2-3,6,11H,4-5H2,1H3,(H,13,14). The van der Waals surface area contributed by atoms with Gasteiger partial charge in [-0.1, -0.05) is 0 Å². The molecule has 0 amide bonds. The predicted molar refractivity (Wildman–Crippen MR) is 67.1 cm³/mol. The molecule has 0 saturated carbocycles. The fraction of sp³-hybridized carbons (Fsp3) is 0.300. The van der Waals surface area contributed by atoms with Crippen molar-refractivity contribution in [3.05, 3.63) is 28.3 Å². The van der Waals surface area contributed by atoms with Gasteiger partial charge in [0.05, 0.1) is 23.3 Å². The zero-order chi connectivity index (χ0) is 15.3. The quantitative estimate of drug-likeness (QED) is 0.548. The largest absolute Gasteiger partial charge is 0.490 e. The summed E-state index contributed by atoms with van der Waals surface area (Å²) in [6.45, 7) is -0.281. The summed E-state index contributed by atoms with van der Waals surface area (Å²) in [7, 11) is -2.77. The fourth-order valence-corrected chi connectivity index (χ4v) is 2.40. The van der Waals surface area contributed by atoms with Gasteiger partial charge in [0.1, 0.15) is 0 Å². The highest BCUT2D eigenvalue weighted by Crippen LogP contribution is 2.29. The molecule has 20 heavy (non-hydrogen) atoms. The Bertz CT molecular complexity index is 626. The van der Waals surface area contributed by atoms with Crippen molar-refractivity contribution in [2.24, 2.45) is 0 Å². The number of carboxylic acid groups (broad SMARTS) is 1. The van der Waals surface area contributed by atoms with E-state index in [2.05, 4.69) is 4.72 Å². The summed E-state index contributed by atoms with van der Waals surface area (Å²) in [5, 5.41) is 19.1. The van der Waals surface area contributed by atoms with Crippen molar-refractivity contribution in [1.82, 2.24) is 4.72 Å². The van der Waals surface area contributed by atoms with Gasteiger partial charge in [0.25, 0.3) is 0 Å². The summed E-state index contributed by atoms with van der Waals surface area (Å²) in [5.74, 6) is -1.34. The van der Waals surface area contributed by atoms with E-state index in [-0.39, 0.29) is 29.3 Å². The number of hydrogen-bond acceptors (Lipinski definition) is 6. The number of rotatable bonds is 7. The highest BCUT2D eigenvalue weighted by molar-refractivity contribution is 7.89. The van der Waals surface area contributed by atoms with Gasteiger partial charge in [-0.25, -0.2) is 13.1 Å². The molecular weight excluding hydrogens is 292 g/mol. The molecule has 0 aromatic heterocycles. The van der Waals surface area contributed by atoms with Crippen LogP contribution in [0.5, 0.6) is 5.75 Å². The minimum Gasteiger partial charge on any atom is -0.490 e. The number of benzene rings is 1. The Morgan fingerprint density at radius 2 is 2.15 bits per heavy atom. The van der Waals surface area contributed by atoms with Crippen molar-refractivity contribution in [1.29, 1.82) is 0 Å². The number of hydrogen-bond donors (Lipinski definition) is 2. The fourth-order valence-electron chi connectivity index (χ4n) is 1.35. The Morgan fingerprint density at radius 3 is 2.65 bits per heavy atom. The van der Waals surface area contributed by atoms with Crippen LogP contribution in [-0.2, 0) is 14.8 Å². The molecule has 0 heterocycles. The summed E-state index contributed by atoms with van der Waals surface area (Å²) < 4.78 is 30.5. The van der Waals surface area contributed by atoms with Crippen molar-refractivity contribution in [2.45, 2.75) is 11.3 Å². The molecule has 0 aliphatic heterocycles. The average molecular weight is 304 g/mol. The van der Waals surface area contributed by atoms with Crippen molar-refractivity contribution >= 4 is 21.7 Å². The second-order valence-electron chi connectivity index (χ2n) is 3.63. The molecule has 0 radical (unpaired) electrons. The second-order valence-corrected chi connectivity index (χ2v) is 5.40. The summed E-state index contributed by atoms with van der Waals surface area (Å²) in [6.07, 6.45) is -0.372. The van der Waals surface area contributed by atoms with E-state index in [1.807, 2.05) is 0 Å². The number of methoxy groups -OCH3 is 1. The zero-order valence-corrected chi connectivity index (χ0v) is 11.2. The topological polar surface area (TPSA) is 136 Å². The van der Waals surface area contributed by atoms with Crippen LogP contribution in [0.3, 0.4) is 0 Å². The van der Waals surface area contributed by atoms with Crippen molar-refractivity contribution in [2.75, 3.05) is 13.7 Å². The molecular formula is C10H12N2O7S. The molecule has 0 saturated heterocycles. The van der Waals surface area contributed by atoms with Crippen LogP contribution in [0.25, 0.3) is 0 Å². The molecule has 0 bridgehead atoms. The minimum absolute atomic E-state index is 0.198. The number of nitrogens with zero attached hydrogens (tertiary/aromatic N) is 1. The van der Waals surface area contributed by atoms with Gasteiger partial charge in [0.2, 0.25) is 10.0 Å². The molecule has 1 rings (SSSR count). The third-order valence-electron chi connectivity index (χ3n) is 2.29. The molecule has 9 nitrogen and oxygen atoms in total. The van der Waals surface area contributed by atoms with Gasteiger partial charge in [0, 0.05) is 18.7 Å². The maximum atomic E-state index is 11.8. The first-order chi connectivity index (χ1) is 9.27. The van der Waals surface area contributed by atoms with Crippen LogP contribution < -0.4 is 9.46 Å². The average Bonchev–Trinajstić information content (AvgIpc) is 2.37. The van der Waals surface area contributed by atoms with E-state index >= 15 is 0 Å². The van der Waals surface area contributed by atoms with Gasteiger partial charge < -0.3 is 9.84 Å². The number of nitrogens with one attached hydrogen (secondary N) is 1. The minimum atomic E-state index is -3.95. The Labute approximate surface area is 114 Å². The lowest BCUT2D eigenvalue weighted by Gasteiger charge is -2.07. The van der Waals surface area contributed by atoms with E-state index in [9.17, 15) is 23.3 Å². The predicted octanol–water partition coefficient (Wildman–Crippen LogP) is 0.356. The molecule has 2 N–H and O–H groups in total. The highest BCUT2D eigenvalue weighted by atomic mass is 32.2. The first-order valence-electron chi connectivity index (χ1n) is 5.32. The monoisotopic (exact) mass is 304 g/mol. The first-order valence-corrected chi connectivity index (χ1v) is 6.80. The Morgan fingerprint density at radius 1 is 1.50 bits per heavy atom. The lowest BCUT2D eigenvalue weighted by molar-refractivity contribution is -0.385. The maximum Gasteiger partial charge on any atom is 0.310 e. The normalized spacial score (nSPS) is 11.1. The Kier molecular flexibility index (Phi) is 5.00. The van der Waals surface area contributed by atoms with Crippen LogP contribution >= 0.6 is 0 Å². The third kappa shape index (κ3) is 3.90. The number of nitro benzene ring substituents is 1. The summed E-state index contributed by atoms with van der Waals surface area (Å²) in [4.78, 5) is 20.0. The second kappa shape index (κ2) is 6.30. The third-order valence-corrected chi connectivity index (χ3v) is 3.75. The van der Waals surface area contributed by atoms with Crippen LogP contribution in [0.15, 0.2) is 23.1 Å². The van der Waals surface area contributed by atoms with Gasteiger partial charge in [-0.15, -0.1) is 0 Å². The van der Waals surface area contributed by atoms with Crippen molar-refractivity contribution in [3.63, 3.8) is 0 Å². The molecule has 0 aliphatic carbocycles. The van der Waals surface area contributed by atoms with Crippen molar-refractivity contribution in [3.8, 4) is 5.75 Å². The van der Waals surface area contributed by atoms with Gasteiger partial charge in [-0.2, -0.15) is 0 Å². The van der Waals surface area contributed by atoms with Crippen LogP contribution in [-0.4, -0.2) is 38.1 Å². The Balaban J connectivity index is 3.01. The highest BCUT2D eigenvalue weighted by Gasteiger charge is 2.21. The SMILES string of the molecule is COc1cc(S(=O)(=O)NCCC(=O)O)ccc1[N+](=O)[O-]. The molecule has 10 heteroatoms. The summed E-state index contributed by atoms with van der Waals surface area (Å²) >= 11 is 0. The maximum absolute atomic E-state index is 11.8. The number of sulfonamides is 1. The van der Waals surface area contributed by atoms with E-state index in [1.54, 1.807) is 0 Å². The lowest BCUT2D eigenvalue weighted by Crippen LogP contribution is -2.26. The molecule has 0 spiro atoms. The van der Waals surface area contributed by atoms with Crippen LogP contribution in [0.1, 0.15) is 6.42 Å². The van der Waals surface area contributed by atoms with Crippen LogP contribution in [0, 0.1) is 10.1 Å². The number of nitro groups is 1. The molecule has 0 unspecified atom stereocenters. The van der Waals surface area contributed by atoms with Crippen LogP contribution in [0.4, 0.5) is 5.69 Å². The molecule has 0 atom stereocenters. The van der Waals surface area contributed by atoms with E-state index in [1.165, 1.54) is 7.11 Å². The number of carboxylic acids is 1. The smallest absolute Gasteiger partial charge is 0.310 e. The van der Waals surface area contributed by atoms with Gasteiger partial charge in [-0.3, -0.25) is 14.9 Å². The number of ether oxygens (including phenoxy) is 1. The van der Waals surface area contributed by atoms with E-state index < -0.39 is 20.9 Å². The first kappa shape index (κ1) is 15.9. The van der Waals surface area contributed by atoms with Crippen LogP contribution in [0.2, 0.25) is 0 Å². The van der Waals surface area contributed by atoms with E-state index in [0.29, 0.717) is 0 Å². The summed E-state index contributed by atoms with van der Waals surface area (Å²) in [6, 6.07) is 3.05. The molecule has 0 fully saturated rings. The van der Waals surface area contributed by atoms with E-state index in [4.69, 9.17) is 9.84 Å². The number of aliphatic carboxylic acids is 1. The lowest BCUT2D eigenvalue weighted by atomic mass is 10.3. The zero-order valence-electron chi connectivity index (χ0n) is 10.4. The van der Waals surface area contributed by atoms with Gasteiger partial charge in [-0.05, 0) is 6.07 Å². The molecule has 0 aliphatic rings. The van der Waals surface area contributed by atoms with Crippen molar-refractivity contribution < 1.29 is 28.0 Å².